The Morgan fingerprint density at radius 1 is 0.655 bits per heavy atom. The minimum absolute atomic E-state index is 0. The summed E-state index contributed by atoms with van der Waals surface area (Å²) in [6.45, 7) is 0.884. The number of carbonyl (C=O) groups is 1. The number of unbranched alkanes of at least 4 members (excludes halogenated alkanes) is 14. The third-order valence-electron chi connectivity index (χ3n) is 5.53. The molecular formula is C23H46O5Zn. The van der Waals surface area contributed by atoms with Crippen molar-refractivity contribution in [3.63, 3.8) is 0 Å². The van der Waals surface area contributed by atoms with E-state index in [1.807, 2.05) is 0 Å². The number of hydrogen-bond donors (Lipinski definition) is 3. The van der Waals surface area contributed by atoms with Gasteiger partial charge in [0.25, 0.3) is 0 Å². The van der Waals surface area contributed by atoms with Crippen molar-refractivity contribution in [3.8, 4) is 0 Å². The van der Waals surface area contributed by atoms with Gasteiger partial charge in [-0.15, -0.1) is 0 Å². The summed E-state index contributed by atoms with van der Waals surface area (Å²) >= 11 is 0. The van der Waals surface area contributed by atoms with Gasteiger partial charge >= 0.3 is 5.97 Å². The molecule has 0 unspecified atom stereocenters. The first-order valence-electron chi connectivity index (χ1n) is 11.6. The quantitative estimate of drug-likeness (QED) is 0.129. The Labute approximate surface area is 191 Å². The first-order chi connectivity index (χ1) is 13.6. The molecule has 170 valence electrons. The minimum Gasteiger partial charge on any atom is -0.465 e. The van der Waals surface area contributed by atoms with Gasteiger partial charge in [0.2, 0.25) is 0 Å². The molecule has 0 aliphatic carbocycles. The number of aliphatic hydroxyl groups is 3. The van der Waals surface area contributed by atoms with Crippen LogP contribution in [0.1, 0.15) is 110 Å². The van der Waals surface area contributed by atoms with Gasteiger partial charge in [-0.1, -0.05) is 96.8 Å². The van der Waals surface area contributed by atoms with E-state index in [9.17, 15) is 20.1 Å². The van der Waals surface area contributed by atoms with Crippen molar-refractivity contribution in [2.45, 2.75) is 110 Å². The van der Waals surface area contributed by atoms with E-state index in [-0.39, 0.29) is 32.1 Å². The Hall–Kier alpha value is -0.0266. The van der Waals surface area contributed by atoms with E-state index in [1.165, 1.54) is 77.0 Å². The fourth-order valence-electron chi connectivity index (χ4n) is 3.23. The van der Waals surface area contributed by atoms with Crippen LogP contribution in [-0.4, -0.2) is 47.7 Å². The van der Waals surface area contributed by atoms with Crippen molar-refractivity contribution in [1.29, 1.82) is 0 Å². The third kappa shape index (κ3) is 18.5. The monoisotopic (exact) mass is 466 g/mol. The van der Waals surface area contributed by atoms with E-state index in [4.69, 9.17) is 4.74 Å². The minimum atomic E-state index is -1.13. The Balaban J connectivity index is 0. The predicted molar refractivity (Wildman–Crippen MR) is 114 cm³/mol. The van der Waals surface area contributed by atoms with Crippen molar-refractivity contribution >= 4 is 5.97 Å². The zero-order chi connectivity index (χ0) is 20.9. The standard InChI is InChI=1S/C23H46O5.Zn/c1-2-3-4-5-6-7-8-9-10-11-12-13-14-15-16-17-22(27)28-21-23(18-24,19-25)20-26;/h24-26H,2-21H2,1H3;. The molecule has 0 saturated carbocycles. The maximum atomic E-state index is 11.7. The van der Waals surface area contributed by atoms with Crippen LogP contribution in [0.3, 0.4) is 0 Å². The molecule has 6 heteroatoms. The van der Waals surface area contributed by atoms with Gasteiger partial charge in [0.05, 0.1) is 25.2 Å². The van der Waals surface area contributed by atoms with E-state index in [2.05, 4.69) is 6.92 Å². The smallest absolute Gasteiger partial charge is 0.305 e. The van der Waals surface area contributed by atoms with E-state index in [0.717, 1.165) is 19.3 Å². The van der Waals surface area contributed by atoms with Crippen LogP contribution < -0.4 is 0 Å². The van der Waals surface area contributed by atoms with Gasteiger partial charge in [0.15, 0.2) is 0 Å². The number of rotatable bonds is 21. The molecule has 3 N–H and O–H groups in total. The van der Waals surface area contributed by atoms with E-state index in [0.29, 0.717) is 6.42 Å². The molecule has 0 radical (unpaired) electrons. The number of aliphatic hydroxyl groups excluding tert-OH is 3. The zero-order valence-corrected chi connectivity index (χ0v) is 22.0. The SMILES string of the molecule is CCCCCCCCCCCCCCCCCC(=O)OCC(CO)(CO)CO.[Zn]. The third-order valence-corrected chi connectivity index (χ3v) is 5.53. The molecule has 0 atom stereocenters. The predicted octanol–water partition coefficient (Wildman–Crippen LogP) is 4.75. The van der Waals surface area contributed by atoms with Crippen LogP contribution in [0, 0.1) is 5.41 Å². The largest absolute Gasteiger partial charge is 0.465 e. The summed E-state index contributed by atoms with van der Waals surface area (Å²) < 4.78 is 5.08. The fourth-order valence-corrected chi connectivity index (χ4v) is 3.23. The summed E-state index contributed by atoms with van der Waals surface area (Å²) in [5.41, 5.74) is -1.13. The summed E-state index contributed by atoms with van der Waals surface area (Å²) in [6.07, 6.45) is 19.6. The van der Waals surface area contributed by atoms with Gasteiger partial charge in [0, 0.05) is 25.9 Å². The number of ether oxygens (including phenoxy) is 1. The summed E-state index contributed by atoms with van der Waals surface area (Å²) in [7, 11) is 0. The van der Waals surface area contributed by atoms with Crippen molar-refractivity contribution < 1.29 is 44.3 Å². The topological polar surface area (TPSA) is 87.0 Å². The molecule has 0 aliphatic rings. The van der Waals surface area contributed by atoms with Gasteiger partial charge in [-0.25, -0.2) is 0 Å². The second kappa shape index (κ2) is 22.7. The molecule has 0 aromatic carbocycles. The van der Waals surface area contributed by atoms with Crippen molar-refractivity contribution in [1.82, 2.24) is 0 Å². The van der Waals surface area contributed by atoms with Crippen LogP contribution in [0.2, 0.25) is 0 Å². The van der Waals surface area contributed by atoms with Crippen molar-refractivity contribution in [2.75, 3.05) is 26.4 Å². The average molecular weight is 468 g/mol. The molecule has 0 aromatic heterocycles. The van der Waals surface area contributed by atoms with Gasteiger partial charge in [-0.3, -0.25) is 4.79 Å². The molecule has 0 saturated heterocycles. The van der Waals surface area contributed by atoms with Crippen LogP contribution in [0.15, 0.2) is 0 Å². The summed E-state index contributed by atoms with van der Waals surface area (Å²) in [5.74, 6) is -0.325. The summed E-state index contributed by atoms with van der Waals surface area (Å²) in [5, 5.41) is 27.6. The molecule has 0 aromatic rings. The maximum Gasteiger partial charge on any atom is 0.305 e. The van der Waals surface area contributed by atoms with Gasteiger partial charge in [-0.2, -0.15) is 0 Å². The van der Waals surface area contributed by atoms with E-state index < -0.39 is 25.2 Å². The molecule has 29 heavy (non-hydrogen) atoms. The summed E-state index contributed by atoms with van der Waals surface area (Å²) in [4.78, 5) is 11.7. The van der Waals surface area contributed by atoms with E-state index in [1.54, 1.807) is 0 Å². The zero-order valence-electron chi connectivity index (χ0n) is 19.0. The van der Waals surface area contributed by atoms with Crippen LogP contribution in [0.25, 0.3) is 0 Å². The average Bonchev–Trinajstić information content (AvgIpc) is 2.72. The van der Waals surface area contributed by atoms with Crippen LogP contribution >= 0.6 is 0 Å². The van der Waals surface area contributed by atoms with Crippen molar-refractivity contribution in [2.24, 2.45) is 5.41 Å². The summed E-state index contributed by atoms with van der Waals surface area (Å²) in [6, 6.07) is 0. The molecule has 0 aliphatic heterocycles. The Morgan fingerprint density at radius 3 is 1.34 bits per heavy atom. The first-order valence-corrected chi connectivity index (χ1v) is 11.6. The number of esters is 1. The normalized spacial score (nSPS) is 11.3. The molecule has 0 bridgehead atoms. The Bertz CT molecular complexity index is 340. The van der Waals surface area contributed by atoms with Gasteiger partial charge in [-0.05, 0) is 6.42 Å². The molecule has 0 heterocycles. The number of carbonyl (C=O) groups excluding carboxylic acids is 1. The maximum absolute atomic E-state index is 11.7. The number of hydrogen-bond acceptors (Lipinski definition) is 5. The second-order valence-electron chi connectivity index (χ2n) is 8.33. The Kier molecular flexibility index (Phi) is 24.3. The van der Waals surface area contributed by atoms with Gasteiger partial charge in [0.1, 0.15) is 6.61 Å². The van der Waals surface area contributed by atoms with E-state index >= 15 is 0 Å². The van der Waals surface area contributed by atoms with Crippen LogP contribution in [0.4, 0.5) is 0 Å². The van der Waals surface area contributed by atoms with Crippen LogP contribution in [-0.2, 0) is 29.0 Å². The van der Waals surface area contributed by atoms with Crippen LogP contribution in [0.5, 0.6) is 0 Å². The second-order valence-corrected chi connectivity index (χ2v) is 8.33. The molecule has 0 spiro atoms. The molecule has 5 nitrogen and oxygen atoms in total. The fraction of sp³-hybridized carbons (Fsp3) is 0.957. The first kappa shape index (κ1) is 31.2. The molecular weight excluding hydrogens is 422 g/mol. The Morgan fingerprint density at radius 2 is 1.00 bits per heavy atom. The van der Waals surface area contributed by atoms with Crippen molar-refractivity contribution in [3.05, 3.63) is 0 Å². The molecule has 0 rings (SSSR count). The molecule has 0 fully saturated rings. The molecule has 0 amide bonds. The van der Waals surface area contributed by atoms with Gasteiger partial charge < -0.3 is 20.1 Å².